The molecule has 0 radical (unpaired) electrons. The van der Waals surface area contributed by atoms with Crippen LogP contribution in [0.5, 0.6) is 5.75 Å². The number of aryl methyl sites for hydroxylation is 1. The van der Waals surface area contributed by atoms with E-state index in [0.29, 0.717) is 35.1 Å². The van der Waals surface area contributed by atoms with E-state index in [9.17, 15) is 14.4 Å². The lowest BCUT2D eigenvalue weighted by Crippen LogP contribution is -2.20. The number of rotatable bonds is 8. The number of pyridine rings is 1. The molecule has 2 amide bonds. The van der Waals surface area contributed by atoms with Gasteiger partial charge in [0.05, 0.1) is 24.4 Å². The maximum atomic E-state index is 12.6. The van der Waals surface area contributed by atoms with E-state index in [1.165, 1.54) is 10.5 Å². The molecule has 4 aromatic rings. The minimum absolute atomic E-state index is 0.0579. The highest BCUT2D eigenvalue weighted by atomic mass is 16.5. The fraction of sp³-hybridized carbons (Fsp3) is 0.185. The lowest BCUT2D eigenvalue weighted by molar-refractivity contribution is -0.142. The second kappa shape index (κ2) is 11.2. The van der Waals surface area contributed by atoms with Crippen LogP contribution in [0, 0.1) is 6.92 Å². The molecule has 0 aliphatic heterocycles. The Balaban J connectivity index is 1.40. The Morgan fingerprint density at radius 3 is 2.56 bits per heavy atom. The third-order valence-electron chi connectivity index (χ3n) is 5.32. The first-order chi connectivity index (χ1) is 17.4. The van der Waals surface area contributed by atoms with Crippen molar-refractivity contribution in [1.29, 1.82) is 0 Å². The summed E-state index contributed by atoms with van der Waals surface area (Å²) in [5, 5.41) is 5.53. The van der Waals surface area contributed by atoms with Crippen molar-refractivity contribution >= 4 is 29.0 Å². The summed E-state index contributed by atoms with van der Waals surface area (Å²) in [5.74, 6) is 0.135. The molecule has 0 fully saturated rings. The van der Waals surface area contributed by atoms with Crippen LogP contribution < -0.4 is 20.9 Å². The molecule has 36 heavy (non-hydrogen) atoms. The normalized spacial score (nSPS) is 10.6. The van der Waals surface area contributed by atoms with Gasteiger partial charge < -0.3 is 20.1 Å². The third-order valence-corrected chi connectivity index (χ3v) is 5.32. The summed E-state index contributed by atoms with van der Waals surface area (Å²) in [6.07, 6.45) is 1.84. The Labute approximate surface area is 207 Å². The number of hydrogen-bond donors (Lipinski definition) is 2. The van der Waals surface area contributed by atoms with Crippen LogP contribution in [0.1, 0.15) is 23.7 Å². The van der Waals surface area contributed by atoms with Crippen molar-refractivity contribution in [2.45, 2.75) is 26.9 Å². The van der Waals surface area contributed by atoms with Gasteiger partial charge in [0, 0.05) is 18.0 Å². The van der Waals surface area contributed by atoms with Gasteiger partial charge in [-0.05, 0) is 55.3 Å². The van der Waals surface area contributed by atoms with Crippen LogP contribution in [0.15, 0.2) is 77.7 Å². The Morgan fingerprint density at radius 1 is 1.00 bits per heavy atom. The van der Waals surface area contributed by atoms with Gasteiger partial charge in [0.25, 0.3) is 5.56 Å². The molecule has 0 aliphatic rings. The molecular weight excluding hydrogens is 460 g/mol. The second-order valence-electron chi connectivity index (χ2n) is 8.01. The fourth-order valence-corrected chi connectivity index (χ4v) is 3.60. The van der Waals surface area contributed by atoms with Crippen LogP contribution >= 0.6 is 0 Å². The summed E-state index contributed by atoms with van der Waals surface area (Å²) in [4.78, 5) is 41.2. The van der Waals surface area contributed by atoms with Gasteiger partial charge >= 0.3 is 12.0 Å². The van der Waals surface area contributed by atoms with Crippen molar-refractivity contribution in [2.75, 3.05) is 17.2 Å². The maximum Gasteiger partial charge on any atom is 0.323 e. The van der Waals surface area contributed by atoms with Crippen LogP contribution in [0.3, 0.4) is 0 Å². The highest BCUT2D eigenvalue weighted by molar-refractivity contribution is 6.00. The van der Waals surface area contributed by atoms with E-state index in [0.717, 1.165) is 11.1 Å². The maximum absolute atomic E-state index is 12.6. The summed E-state index contributed by atoms with van der Waals surface area (Å²) in [6, 6.07) is 18.6. The van der Waals surface area contributed by atoms with E-state index in [-0.39, 0.29) is 24.6 Å². The smallest absolute Gasteiger partial charge is 0.323 e. The second-order valence-corrected chi connectivity index (χ2v) is 8.01. The first-order valence-corrected chi connectivity index (χ1v) is 11.4. The molecule has 2 aromatic heterocycles. The molecule has 0 aliphatic carbocycles. The van der Waals surface area contributed by atoms with Crippen LogP contribution in [-0.4, -0.2) is 28.0 Å². The standard InChI is InChI=1S/C27H26N4O5/c1-3-35-25(33)15-19-10-12-20(13-11-19)29-27(34)30-22-8-4-5-9-23(22)36-17-21-16-24(32)31-14-6-7-18(2)26(31)28-21/h4-14,16H,3,15,17H2,1-2H3,(H2,29,30,34). The third kappa shape index (κ3) is 6.06. The van der Waals surface area contributed by atoms with Crippen molar-refractivity contribution in [3.63, 3.8) is 0 Å². The number of urea groups is 1. The number of aromatic nitrogens is 2. The van der Waals surface area contributed by atoms with Crippen LogP contribution in [0.4, 0.5) is 16.2 Å². The monoisotopic (exact) mass is 486 g/mol. The number of anilines is 2. The number of carbonyl (C=O) groups excluding carboxylic acids is 2. The fourth-order valence-electron chi connectivity index (χ4n) is 3.60. The zero-order valence-electron chi connectivity index (χ0n) is 20.0. The number of benzene rings is 2. The predicted molar refractivity (Wildman–Crippen MR) is 136 cm³/mol. The molecule has 184 valence electrons. The van der Waals surface area contributed by atoms with Crippen LogP contribution in [-0.2, 0) is 22.6 Å². The van der Waals surface area contributed by atoms with Crippen LogP contribution in [0.25, 0.3) is 5.65 Å². The molecule has 2 aromatic carbocycles. The average Bonchev–Trinajstić information content (AvgIpc) is 2.85. The largest absolute Gasteiger partial charge is 0.485 e. The molecule has 2 N–H and O–H groups in total. The summed E-state index contributed by atoms with van der Waals surface area (Å²) in [5.41, 5.74) is 3.55. The molecule has 4 rings (SSSR count). The number of carbonyl (C=O) groups is 2. The topological polar surface area (TPSA) is 111 Å². The lowest BCUT2D eigenvalue weighted by atomic mass is 10.1. The van der Waals surface area contributed by atoms with Gasteiger partial charge in [-0.25, -0.2) is 9.78 Å². The first-order valence-electron chi connectivity index (χ1n) is 11.4. The highest BCUT2D eigenvalue weighted by Crippen LogP contribution is 2.25. The number of nitrogens with zero attached hydrogens (tertiary/aromatic N) is 2. The number of hydrogen-bond acceptors (Lipinski definition) is 6. The van der Waals surface area contributed by atoms with Crippen molar-refractivity contribution in [2.24, 2.45) is 0 Å². The zero-order valence-corrected chi connectivity index (χ0v) is 20.0. The van der Waals surface area contributed by atoms with Crippen molar-refractivity contribution in [3.8, 4) is 5.75 Å². The van der Waals surface area contributed by atoms with Gasteiger partial charge in [-0.15, -0.1) is 0 Å². The van der Waals surface area contributed by atoms with Crippen molar-refractivity contribution in [3.05, 3.63) is 100 Å². The molecular formula is C27H26N4O5. The van der Waals surface area contributed by atoms with E-state index in [4.69, 9.17) is 9.47 Å². The van der Waals surface area contributed by atoms with E-state index in [1.54, 1.807) is 67.7 Å². The Kier molecular flexibility index (Phi) is 7.60. The summed E-state index contributed by atoms with van der Waals surface area (Å²) >= 11 is 0. The van der Waals surface area contributed by atoms with E-state index in [2.05, 4.69) is 15.6 Å². The molecule has 0 bridgehead atoms. The molecule has 0 saturated carbocycles. The number of para-hydroxylation sites is 2. The Bertz CT molecular complexity index is 1450. The van der Waals surface area contributed by atoms with Gasteiger partial charge in [0.1, 0.15) is 18.0 Å². The zero-order chi connectivity index (χ0) is 25.5. The molecule has 0 unspecified atom stereocenters. The van der Waals surface area contributed by atoms with E-state index < -0.39 is 6.03 Å². The quantitative estimate of drug-likeness (QED) is 0.359. The Morgan fingerprint density at radius 2 is 1.78 bits per heavy atom. The Hall–Kier alpha value is -4.66. The lowest BCUT2D eigenvalue weighted by Gasteiger charge is -2.13. The minimum Gasteiger partial charge on any atom is -0.485 e. The number of nitrogens with one attached hydrogen (secondary N) is 2. The molecule has 0 saturated heterocycles. The SMILES string of the molecule is CCOC(=O)Cc1ccc(NC(=O)Nc2ccccc2OCc2cc(=O)n3cccc(C)c3n2)cc1. The first kappa shape index (κ1) is 24.5. The van der Waals surface area contributed by atoms with Gasteiger partial charge in [-0.3, -0.25) is 14.0 Å². The predicted octanol–water partition coefficient (Wildman–Crippen LogP) is 4.33. The molecule has 9 nitrogen and oxygen atoms in total. The molecule has 0 spiro atoms. The number of esters is 1. The minimum atomic E-state index is -0.457. The van der Waals surface area contributed by atoms with Gasteiger partial charge in [-0.2, -0.15) is 0 Å². The summed E-state index contributed by atoms with van der Waals surface area (Å²) in [6.45, 7) is 4.04. The highest BCUT2D eigenvalue weighted by Gasteiger charge is 2.11. The molecule has 0 atom stereocenters. The number of ether oxygens (including phenoxy) is 2. The van der Waals surface area contributed by atoms with Gasteiger partial charge in [-0.1, -0.05) is 30.3 Å². The molecule has 9 heteroatoms. The number of fused-ring (bicyclic) bond motifs is 1. The van der Waals surface area contributed by atoms with E-state index >= 15 is 0 Å². The van der Waals surface area contributed by atoms with Crippen LogP contribution in [0.2, 0.25) is 0 Å². The van der Waals surface area contributed by atoms with Crippen molar-refractivity contribution < 1.29 is 19.1 Å². The summed E-state index contributed by atoms with van der Waals surface area (Å²) in [7, 11) is 0. The number of amides is 2. The van der Waals surface area contributed by atoms with Gasteiger partial charge in [0.15, 0.2) is 0 Å². The summed E-state index contributed by atoms with van der Waals surface area (Å²) < 4.78 is 12.3. The average molecular weight is 487 g/mol. The van der Waals surface area contributed by atoms with Gasteiger partial charge in [0.2, 0.25) is 0 Å². The van der Waals surface area contributed by atoms with Crippen molar-refractivity contribution in [1.82, 2.24) is 9.38 Å². The molecule has 2 heterocycles. The van der Waals surface area contributed by atoms with E-state index in [1.807, 2.05) is 13.0 Å².